The van der Waals surface area contributed by atoms with Crippen molar-refractivity contribution in [2.75, 3.05) is 0 Å². The van der Waals surface area contributed by atoms with E-state index in [4.69, 9.17) is 20.3 Å². The molecule has 0 bridgehead atoms. The number of rotatable bonds is 0. The van der Waals surface area contributed by atoms with Gasteiger partial charge in [0.2, 0.25) is 0 Å². The molecule has 0 N–H and O–H groups in total. The van der Waals surface area contributed by atoms with Crippen molar-refractivity contribution < 1.29 is 9.05 Å². The van der Waals surface area contributed by atoms with Gasteiger partial charge in [0, 0.05) is 11.5 Å². The van der Waals surface area contributed by atoms with Gasteiger partial charge in [-0.1, -0.05) is 23.8 Å². The first-order valence-electron chi connectivity index (χ1n) is 9.16. The second-order valence-corrected chi connectivity index (χ2v) is 8.94. The van der Waals surface area contributed by atoms with Crippen LogP contribution in [0.5, 0.6) is 5.75 Å². The molecule has 4 heteroatoms. The maximum atomic E-state index is 6.40. The van der Waals surface area contributed by atoms with Crippen molar-refractivity contribution in [1.82, 2.24) is 0 Å². The standard InChI is InChI=1S/C20H22ClO2P/c21-24-22-17-11-9-13-5-1-3-7-15(13)19(17)20-16-8-4-2-6-14(16)10-12-18(20)23-24/h9-12,17,19H,1-8H2. The Balaban J connectivity index is 1.72. The first kappa shape index (κ1) is 15.4. The van der Waals surface area contributed by atoms with Crippen LogP contribution in [0.1, 0.15) is 61.1 Å². The second-order valence-electron chi connectivity index (χ2n) is 7.29. The van der Waals surface area contributed by atoms with Crippen molar-refractivity contribution in [3.05, 3.63) is 52.1 Å². The Bertz CT molecular complexity index is 739. The van der Waals surface area contributed by atoms with Crippen LogP contribution < -0.4 is 4.52 Å². The minimum absolute atomic E-state index is 0.0279. The van der Waals surface area contributed by atoms with E-state index in [1.165, 1.54) is 67.2 Å². The molecule has 0 amide bonds. The fourth-order valence-electron chi connectivity index (χ4n) is 4.90. The third kappa shape index (κ3) is 2.46. The number of allylic oxidation sites excluding steroid dienone is 2. The summed E-state index contributed by atoms with van der Waals surface area (Å²) in [6, 6.07) is 4.40. The zero-order valence-corrected chi connectivity index (χ0v) is 15.4. The number of aryl methyl sites for hydroxylation is 1. The van der Waals surface area contributed by atoms with E-state index in [0.29, 0.717) is 5.92 Å². The zero-order chi connectivity index (χ0) is 16.1. The van der Waals surface area contributed by atoms with Crippen molar-refractivity contribution in [1.29, 1.82) is 0 Å². The van der Waals surface area contributed by atoms with Gasteiger partial charge in [-0.15, -0.1) is 0 Å². The van der Waals surface area contributed by atoms with Crippen LogP contribution in [0.25, 0.3) is 0 Å². The van der Waals surface area contributed by atoms with Gasteiger partial charge in [-0.05, 0) is 85.4 Å². The molecule has 1 aromatic carbocycles. The molecule has 1 aromatic rings. The van der Waals surface area contributed by atoms with Crippen LogP contribution in [0, 0.1) is 0 Å². The van der Waals surface area contributed by atoms with Crippen LogP contribution in [0.3, 0.4) is 0 Å². The smallest absolute Gasteiger partial charge is 0.339 e. The summed E-state index contributed by atoms with van der Waals surface area (Å²) >= 11 is 6.40. The Morgan fingerprint density at radius 1 is 1.00 bits per heavy atom. The Labute approximate surface area is 149 Å². The van der Waals surface area contributed by atoms with Gasteiger partial charge in [0.1, 0.15) is 5.75 Å². The SMILES string of the molecule is ClP1Oc2ccc3c(c2C2C4=C(C=CC2O1)CCCC4)CCCC3. The molecule has 0 fully saturated rings. The molecular weight excluding hydrogens is 339 g/mol. The van der Waals surface area contributed by atoms with E-state index in [1.54, 1.807) is 5.57 Å². The highest BCUT2D eigenvalue weighted by Crippen LogP contribution is 2.57. The van der Waals surface area contributed by atoms with E-state index in [1.807, 2.05) is 0 Å². The summed E-state index contributed by atoms with van der Waals surface area (Å²) < 4.78 is 12.2. The van der Waals surface area contributed by atoms with Gasteiger partial charge in [0.05, 0.1) is 6.10 Å². The van der Waals surface area contributed by atoms with E-state index in [9.17, 15) is 0 Å². The van der Waals surface area contributed by atoms with Crippen molar-refractivity contribution in [2.24, 2.45) is 0 Å². The van der Waals surface area contributed by atoms with Crippen LogP contribution in [-0.2, 0) is 17.4 Å². The van der Waals surface area contributed by atoms with E-state index in [-0.39, 0.29) is 6.10 Å². The van der Waals surface area contributed by atoms with E-state index in [0.717, 1.165) is 12.2 Å². The Morgan fingerprint density at radius 2 is 1.83 bits per heavy atom. The van der Waals surface area contributed by atoms with Crippen molar-refractivity contribution in [3.8, 4) is 5.75 Å². The molecule has 3 aliphatic carbocycles. The maximum absolute atomic E-state index is 6.40. The summed E-state index contributed by atoms with van der Waals surface area (Å²) in [5.74, 6) is 1.27. The largest absolute Gasteiger partial charge is 0.436 e. The molecule has 0 radical (unpaired) electrons. The molecule has 1 heterocycles. The summed E-state index contributed by atoms with van der Waals surface area (Å²) in [6.07, 6.45) is 14.5. The lowest BCUT2D eigenvalue weighted by molar-refractivity contribution is 0.243. The summed E-state index contributed by atoms with van der Waals surface area (Å²) in [6.45, 7) is 0. The van der Waals surface area contributed by atoms with Crippen LogP contribution in [0.4, 0.5) is 0 Å². The predicted molar refractivity (Wildman–Crippen MR) is 98.7 cm³/mol. The Morgan fingerprint density at radius 3 is 2.79 bits per heavy atom. The first-order valence-corrected chi connectivity index (χ1v) is 11.2. The van der Waals surface area contributed by atoms with Gasteiger partial charge in [0.25, 0.3) is 0 Å². The predicted octanol–water partition coefficient (Wildman–Crippen LogP) is 6.33. The first-order chi connectivity index (χ1) is 11.8. The minimum Gasteiger partial charge on any atom is -0.436 e. The van der Waals surface area contributed by atoms with Crippen LogP contribution in [-0.4, -0.2) is 6.10 Å². The average molecular weight is 361 g/mol. The molecule has 0 spiro atoms. The van der Waals surface area contributed by atoms with E-state index >= 15 is 0 Å². The number of fused-ring (bicyclic) bond motifs is 6. The van der Waals surface area contributed by atoms with E-state index in [2.05, 4.69) is 24.3 Å². The molecule has 3 unspecified atom stereocenters. The molecule has 1 aliphatic heterocycles. The minimum atomic E-state index is -1.39. The number of hydrogen-bond donors (Lipinski definition) is 0. The Kier molecular flexibility index (Phi) is 3.96. The fraction of sp³-hybridized carbons (Fsp3) is 0.500. The summed E-state index contributed by atoms with van der Waals surface area (Å²) in [5, 5.41) is 0. The number of hydrogen-bond acceptors (Lipinski definition) is 2. The van der Waals surface area contributed by atoms with Crippen LogP contribution in [0.2, 0.25) is 0 Å². The maximum Gasteiger partial charge on any atom is 0.339 e. The van der Waals surface area contributed by atoms with Crippen molar-refractivity contribution in [3.63, 3.8) is 0 Å². The fourth-order valence-corrected chi connectivity index (χ4v) is 6.14. The monoisotopic (exact) mass is 360 g/mol. The molecule has 0 saturated carbocycles. The quantitative estimate of drug-likeness (QED) is 0.503. The van der Waals surface area contributed by atoms with Gasteiger partial charge >= 0.3 is 7.73 Å². The second kappa shape index (κ2) is 6.16. The van der Waals surface area contributed by atoms with Gasteiger partial charge < -0.3 is 9.05 Å². The normalized spacial score (nSPS) is 31.3. The highest BCUT2D eigenvalue weighted by molar-refractivity contribution is 7.76. The average Bonchev–Trinajstić information content (AvgIpc) is 2.77. The third-order valence-electron chi connectivity index (χ3n) is 5.97. The molecule has 4 aliphatic rings. The molecule has 0 saturated heterocycles. The molecule has 24 heavy (non-hydrogen) atoms. The lowest BCUT2D eigenvalue weighted by Crippen LogP contribution is -2.26. The number of halogens is 1. The van der Waals surface area contributed by atoms with Gasteiger partial charge in [-0.3, -0.25) is 0 Å². The molecule has 0 aromatic heterocycles. The zero-order valence-electron chi connectivity index (χ0n) is 13.8. The molecule has 5 rings (SSSR count). The molecular formula is C20H22ClO2P. The lowest BCUT2D eigenvalue weighted by atomic mass is 9.71. The summed E-state index contributed by atoms with van der Waals surface area (Å²) in [5.41, 5.74) is 7.54. The van der Waals surface area contributed by atoms with E-state index < -0.39 is 7.73 Å². The van der Waals surface area contributed by atoms with Gasteiger partial charge in [-0.2, -0.15) is 0 Å². The summed E-state index contributed by atoms with van der Waals surface area (Å²) in [4.78, 5) is 0. The van der Waals surface area contributed by atoms with Gasteiger partial charge in [-0.25, -0.2) is 0 Å². The lowest BCUT2D eigenvalue weighted by Gasteiger charge is -2.35. The highest BCUT2D eigenvalue weighted by atomic mass is 35.7. The Hall–Kier alpha value is -0.820. The van der Waals surface area contributed by atoms with Crippen molar-refractivity contribution >= 4 is 19.0 Å². The number of benzene rings is 1. The van der Waals surface area contributed by atoms with Crippen LogP contribution in [0.15, 0.2) is 35.4 Å². The van der Waals surface area contributed by atoms with Crippen molar-refractivity contribution in [2.45, 2.75) is 63.4 Å². The highest BCUT2D eigenvalue weighted by Gasteiger charge is 2.40. The van der Waals surface area contributed by atoms with Gasteiger partial charge in [0.15, 0.2) is 0 Å². The molecule has 126 valence electrons. The molecule has 2 nitrogen and oxygen atoms in total. The molecule has 3 atom stereocenters. The van der Waals surface area contributed by atoms with Crippen LogP contribution >= 0.6 is 19.0 Å². The third-order valence-corrected chi connectivity index (χ3v) is 7.16. The topological polar surface area (TPSA) is 18.5 Å². The summed E-state index contributed by atoms with van der Waals surface area (Å²) in [7, 11) is -1.39.